The maximum absolute atomic E-state index is 13.1. The van der Waals surface area contributed by atoms with Crippen LogP contribution in [0.3, 0.4) is 0 Å². The van der Waals surface area contributed by atoms with Crippen LogP contribution < -0.4 is 5.32 Å². The summed E-state index contributed by atoms with van der Waals surface area (Å²) in [6, 6.07) is 5.74. The highest BCUT2D eigenvalue weighted by molar-refractivity contribution is 5.92. The molecule has 31 heavy (non-hydrogen) atoms. The van der Waals surface area contributed by atoms with Gasteiger partial charge in [-0.2, -0.15) is 0 Å². The van der Waals surface area contributed by atoms with Gasteiger partial charge in [-0.05, 0) is 80.0 Å². The predicted octanol–water partition coefficient (Wildman–Crippen LogP) is 2.63. The zero-order valence-electron chi connectivity index (χ0n) is 18.0. The van der Waals surface area contributed by atoms with Gasteiger partial charge in [0.2, 0.25) is 11.8 Å². The number of aliphatic hydroxyl groups is 1. The van der Waals surface area contributed by atoms with Crippen molar-refractivity contribution >= 4 is 17.5 Å². The number of rotatable bonds is 5. The Morgan fingerprint density at radius 3 is 2.29 bits per heavy atom. The number of carbonyl (C=O) groups excluding carboxylic acids is 2. The Kier molecular flexibility index (Phi) is 5.29. The van der Waals surface area contributed by atoms with Gasteiger partial charge in [-0.25, -0.2) is 4.39 Å². The zero-order chi connectivity index (χ0) is 21.6. The topological polar surface area (TPSA) is 72.9 Å². The minimum atomic E-state index is -0.527. The lowest BCUT2D eigenvalue weighted by Crippen LogP contribution is -2.57. The highest BCUT2D eigenvalue weighted by Gasteiger charge is 2.57. The van der Waals surface area contributed by atoms with Crippen molar-refractivity contribution in [2.24, 2.45) is 17.3 Å². The zero-order valence-corrected chi connectivity index (χ0v) is 18.0. The first-order valence-corrected chi connectivity index (χ1v) is 11.6. The lowest BCUT2D eigenvalue weighted by molar-refractivity contribution is -0.172. The number of nitrogens with zero attached hydrogens (tertiary/aromatic N) is 2. The molecule has 4 aliphatic carbocycles. The molecule has 1 saturated heterocycles. The first-order chi connectivity index (χ1) is 14.8. The summed E-state index contributed by atoms with van der Waals surface area (Å²) in [5.74, 6) is 0.932. The van der Waals surface area contributed by atoms with Crippen molar-refractivity contribution in [1.82, 2.24) is 9.80 Å². The minimum Gasteiger partial charge on any atom is -0.390 e. The van der Waals surface area contributed by atoms with Gasteiger partial charge in [0.25, 0.3) is 0 Å². The monoisotopic (exact) mass is 429 g/mol. The minimum absolute atomic E-state index is 0.00208. The summed E-state index contributed by atoms with van der Waals surface area (Å²) in [4.78, 5) is 29.4. The van der Waals surface area contributed by atoms with Crippen molar-refractivity contribution in [3.05, 3.63) is 30.1 Å². The van der Waals surface area contributed by atoms with E-state index in [1.54, 1.807) is 12.1 Å². The van der Waals surface area contributed by atoms with Crippen molar-refractivity contribution in [2.75, 3.05) is 38.0 Å². The molecule has 0 radical (unpaired) electrons. The first-order valence-electron chi connectivity index (χ1n) is 11.6. The van der Waals surface area contributed by atoms with Gasteiger partial charge in [-0.1, -0.05) is 0 Å². The molecule has 168 valence electrons. The van der Waals surface area contributed by atoms with Gasteiger partial charge < -0.3 is 15.3 Å². The van der Waals surface area contributed by atoms with E-state index in [-0.39, 0.29) is 29.6 Å². The van der Waals surface area contributed by atoms with Crippen LogP contribution in [0.2, 0.25) is 0 Å². The molecule has 7 heteroatoms. The van der Waals surface area contributed by atoms with Crippen LogP contribution in [0, 0.1) is 23.1 Å². The standard InChI is InChI=1S/C24H32FN3O3/c25-19-1-3-20(4-2-19)26-21(29)15-27-5-7-28(8-6-27)22(30)14-23-10-17-9-18(11-23)13-24(31,12-17)16-23/h1-4,17-18,31H,5-16H2,(H,26,29)/t17-,18+,23?,24?. The van der Waals surface area contributed by atoms with Crippen LogP contribution in [0.4, 0.5) is 10.1 Å². The Bertz CT molecular complexity index is 836. The number of nitrogens with one attached hydrogen (secondary N) is 1. The largest absolute Gasteiger partial charge is 0.390 e. The summed E-state index contributed by atoms with van der Waals surface area (Å²) in [7, 11) is 0. The quantitative estimate of drug-likeness (QED) is 0.755. The molecule has 6 nitrogen and oxygen atoms in total. The Balaban J connectivity index is 1.10. The fraction of sp³-hybridized carbons (Fsp3) is 0.667. The van der Waals surface area contributed by atoms with Crippen molar-refractivity contribution in [2.45, 2.75) is 50.5 Å². The molecular formula is C24H32FN3O3. The fourth-order valence-electron chi connectivity index (χ4n) is 7.13. The molecule has 1 heterocycles. The highest BCUT2D eigenvalue weighted by Crippen LogP contribution is 2.62. The number of anilines is 1. The third-order valence-corrected chi connectivity index (χ3v) is 7.90. The van der Waals surface area contributed by atoms with Crippen molar-refractivity contribution in [1.29, 1.82) is 0 Å². The summed E-state index contributed by atoms with van der Waals surface area (Å²) >= 11 is 0. The number of hydrogen-bond acceptors (Lipinski definition) is 4. The molecule has 0 aromatic heterocycles. The number of carbonyl (C=O) groups is 2. The van der Waals surface area contributed by atoms with Gasteiger partial charge in [0.1, 0.15) is 5.82 Å². The molecule has 2 amide bonds. The summed E-state index contributed by atoms with van der Waals surface area (Å²) in [5.41, 5.74) is 0.0562. The molecule has 5 fully saturated rings. The molecule has 6 rings (SSSR count). The van der Waals surface area contributed by atoms with Gasteiger partial charge >= 0.3 is 0 Å². The molecule has 4 saturated carbocycles. The Hall–Kier alpha value is -1.99. The summed E-state index contributed by atoms with van der Waals surface area (Å²) in [5, 5.41) is 13.7. The van der Waals surface area contributed by atoms with E-state index >= 15 is 0 Å². The van der Waals surface area contributed by atoms with E-state index in [1.807, 2.05) is 4.90 Å². The molecule has 4 atom stereocenters. The SMILES string of the molecule is O=C(CN1CCN(C(=O)CC23C[C@@H]4C[C@@H](CC(O)(C4)C2)C3)CC1)Nc1ccc(F)cc1. The highest BCUT2D eigenvalue weighted by atomic mass is 19.1. The van der Waals surface area contributed by atoms with E-state index in [0.29, 0.717) is 50.1 Å². The molecule has 1 aliphatic heterocycles. The molecule has 1 aromatic rings. The van der Waals surface area contributed by atoms with E-state index < -0.39 is 5.60 Å². The second-order valence-corrected chi connectivity index (χ2v) is 10.6. The van der Waals surface area contributed by atoms with E-state index in [4.69, 9.17) is 0 Å². The van der Waals surface area contributed by atoms with Crippen molar-refractivity contribution in [3.8, 4) is 0 Å². The third kappa shape index (κ3) is 4.48. The number of amides is 2. The number of hydrogen-bond donors (Lipinski definition) is 2. The fourth-order valence-corrected chi connectivity index (χ4v) is 7.13. The molecular weight excluding hydrogens is 397 g/mol. The Morgan fingerprint density at radius 1 is 1.03 bits per heavy atom. The van der Waals surface area contributed by atoms with E-state index in [0.717, 1.165) is 32.1 Å². The van der Waals surface area contributed by atoms with Crippen LogP contribution in [0.15, 0.2) is 24.3 Å². The molecule has 1 aromatic carbocycles. The normalized spacial score (nSPS) is 34.7. The molecule has 2 N–H and O–H groups in total. The molecule has 4 bridgehead atoms. The van der Waals surface area contributed by atoms with Crippen LogP contribution in [-0.4, -0.2) is 65.0 Å². The predicted molar refractivity (Wildman–Crippen MR) is 115 cm³/mol. The average molecular weight is 430 g/mol. The second-order valence-electron chi connectivity index (χ2n) is 10.6. The average Bonchev–Trinajstić information content (AvgIpc) is 2.68. The van der Waals surface area contributed by atoms with Crippen LogP contribution >= 0.6 is 0 Å². The van der Waals surface area contributed by atoms with Gasteiger partial charge in [-0.15, -0.1) is 0 Å². The third-order valence-electron chi connectivity index (χ3n) is 7.90. The van der Waals surface area contributed by atoms with Crippen LogP contribution in [0.1, 0.15) is 44.9 Å². The maximum Gasteiger partial charge on any atom is 0.238 e. The van der Waals surface area contributed by atoms with Crippen molar-refractivity contribution in [3.63, 3.8) is 0 Å². The van der Waals surface area contributed by atoms with Crippen LogP contribution in [-0.2, 0) is 9.59 Å². The number of piperazine rings is 1. The van der Waals surface area contributed by atoms with Gasteiger partial charge in [-0.3, -0.25) is 14.5 Å². The number of halogens is 1. The molecule has 0 spiro atoms. The van der Waals surface area contributed by atoms with Gasteiger partial charge in [0.15, 0.2) is 0 Å². The van der Waals surface area contributed by atoms with Gasteiger partial charge in [0.05, 0.1) is 12.1 Å². The number of benzene rings is 1. The Labute approximate surface area is 182 Å². The van der Waals surface area contributed by atoms with Gasteiger partial charge in [0, 0.05) is 38.3 Å². The maximum atomic E-state index is 13.1. The summed E-state index contributed by atoms with van der Waals surface area (Å²) in [6.45, 7) is 2.88. The molecule has 5 aliphatic rings. The van der Waals surface area contributed by atoms with E-state index in [2.05, 4.69) is 10.2 Å². The first kappa shape index (κ1) is 20.9. The summed E-state index contributed by atoms with van der Waals surface area (Å²) < 4.78 is 13.0. The van der Waals surface area contributed by atoms with E-state index in [1.165, 1.54) is 18.6 Å². The second kappa shape index (κ2) is 7.85. The molecule has 2 unspecified atom stereocenters. The Morgan fingerprint density at radius 2 is 1.68 bits per heavy atom. The lowest BCUT2D eigenvalue weighted by Gasteiger charge is -2.60. The lowest BCUT2D eigenvalue weighted by atomic mass is 9.47. The summed E-state index contributed by atoms with van der Waals surface area (Å²) in [6.07, 6.45) is 6.64. The van der Waals surface area contributed by atoms with Crippen LogP contribution in [0.25, 0.3) is 0 Å². The van der Waals surface area contributed by atoms with E-state index in [9.17, 15) is 19.1 Å². The van der Waals surface area contributed by atoms with Crippen molar-refractivity contribution < 1.29 is 19.1 Å². The van der Waals surface area contributed by atoms with Crippen LogP contribution in [0.5, 0.6) is 0 Å². The smallest absolute Gasteiger partial charge is 0.238 e.